The minimum absolute atomic E-state index is 0.286. The molecule has 1 atom stereocenters. The quantitative estimate of drug-likeness (QED) is 0.792. The van der Waals surface area contributed by atoms with Gasteiger partial charge in [-0.3, -0.25) is 0 Å². The molecule has 3 heteroatoms. The van der Waals surface area contributed by atoms with E-state index in [4.69, 9.17) is 12.2 Å². The van der Waals surface area contributed by atoms with E-state index in [1.807, 2.05) is 6.07 Å². The Bertz CT molecular complexity index is 344. The maximum Gasteiger partial charge on any atom is 0.169 e. The minimum atomic E-state index is 0.286. The van der Waals surface area contributed by atoms with Crippen LogP contribution in [0.3, 0.4) is 0 Å². The molecule has 0 aliphatic carbocycles. The molecule has 0 radical (unpaired) electrons. The molecule has 2 rings (SSSR count). The summed E-state index contributed by atoms with van der Waals surface area (Å²) < 4.78 is 0. The van der Waals surface area contributed by atoms with E-state index in [2.05, 4.69) is 41.4 Å². The van der Waals surface area contributed by atoms with Gasteiger partial charge in [-0.25, -0.2) is 0 Å². The average molecular weight is 234 g/mol. The van der Waals surface area contributed by atoms with Crippen molar-refractivity contribution in [3.63, 3.8) is 0 Å². The molecule has 1 aromatic carbocycles. The van der Waals surface area contributed by atoms with Crippen LogP contribution in [0.5, 0.6) is 0 Å². The van der Waals surface area contributed by atoms with Crippen molar-refractivity contribution in [3.05, 3.63) is 35.9 Å². The first kappa shape index (κ1) is 11.4. The number of hydrogen-bond acceptors (Lipinski definition) is 1. The Morgan fingerprint density at radius 1 is 1.25 bits per heavy atom. The number of benzene rings is 1. The van der Waals surface area contributed by atoms with Crippen molar-refractivity contribution >= 4 is 17.3 Å². The monoisotopic (exact) mass is 234 g/mol. The first-order valence-corrected chi connectivity index (χ1v) is 6.28. The molecule has 0 aromatic heterocycles. The van der Waals surface area contributed by atoms with Gasteiger partial charge in [0.05, 0.1) is 6.04 Å². The third-order valence-electron chi connectivity index (χ3n) is 3.03. The Kier molecular flexibility index (Phi) is 3.78. The molecule has 1 N–H and O–H groups in total. The third-order valence-corrected chi connectivity index (χ3v) is 3.41. The fourth-order valence-corrected chi connectivity index (χ4v) is 2.38. The zero-order valence-electron chi connectivity index (χ0n) is 9.65. The molecule has 0 saturated carbocycles. The van der Waals surface area contributed by atoms with Crippen LogP contribution in [-0.2, 0) is 0 Å². The first-order chi connectivity index (χ1) is 7.77. The zero-order chi connectivity index (χ0) is 11.4. The Morgan fingerprint density at radius 2 is 1.88 bits per heavy atom. The summed E-state index contributed by atoms with van der Waals surface area (Å²) in [6, 6.07) is 10.7. The van der Waals surface area contributed by atoms with E-state index in [-0.39, 0.29) is 6.04 Å². The van der Waals surface area contributed by atoms with Crippen LogP contribution in [-0.4, -0.2) is 23.1 Å². The largest absolute Gasteiger partial charge is 0.356 e. The number of likely N-dealkylation sites (tertiary alicyclic amines) is 1. The van der Waals surface area contributed by atoms with Crippen LogP contribution in [0.15, 0.2) is 30.3 Å². The average Bonchev–Trinajstić information content (AvgIpc) is 2.83. The van der Waals surface area contributed by atoms with Crippen LogP contribution in [0.2, 0.25) is 0 Å². The first-order valence-electron chi connectivity index (χ1n) is 5.88. The van der Waals surface area contributed by atoms with Crippen molar-refractivity contribution in [3.8, 4) is 0 Å². The van der Waals surface area contributed by atoms with Gasteiger partial charge in [0.15, 0.2) is 5.11 Å². The van der Waals surface area contributed by atoms with Gasteiger partial charge >= 0.3 is 0 Å². The van der Waals surface area contributed by atoms with Gasteiger partial charge in [0.2, 0.25) is 0 Å². The van der Waals surface area contributed by atoms with Crippen molar-refractivity contribution in [2.75, 3.05) is 13.1 Å². The molecule has 0 unspecified atom stereocenters. The Labute approximate surface area is 103 Å². The second-order valence-electron chi connectivity index (χ2n) is 4.28. The summed E-state index contributed by atoms with van der Waals surface area (Å²) in [6.45, 7) is 4.36. The molecule has 1 aliphatic heterocycles. The van der Waals surface area contributed by atoms with Crippen molar-refractivity contribution in [2.45, 2.75) is 25.8 Å². The lowest BCUT2D eigenvalue weighted by Crippen LogP contribution is -2.38. The van der Waals surface area contributed by atoms with Crippen LogP contribution in [0.1, 0.15) is 31.4 Å². The van der Waals surface area contributed by atoms with Gasteiger partial charge in [0, 0.05) is 13.1 Å². The Morgan fingerprint density at radius 3 is 2.50 bits per heavy atom. The lowest BCUT2D eigenvalue weighted by molar-refractivity contribution is 0.495. The zero-order valence-corrected chi connectivity index (χ0v) is 10.5. The van der Waals surface area contributed by atoms with E-state index < -0.39 is 0 Å². The molecule has 16 heavy (non-hydrogen) atoms. The highest BCUT2D eigenvalue weighted by Crippen LogP contribution is 2.13. The second kappa shape index (κ2) is 5.30. The number of nitrogens with one attached hydrogen (secondary N) is 1. The number of hydrogen-bond donors (Lipinski definition) is 1. The summed E-state index contributed by atoms with van der Waals surface area (Å²) >= 11 is 5.40. The van der Waals surface area contributed by atoms with Gasteiger partial charge in [-0.15, -0.1) is 0 Å². The molecule has 1 aliphatic rings. The molecule has 2 nitrogen and oxygen atoms in total. The fraction of sp³-hybridized carbons (Fsp3) is 0.462. The summed E-state index contributed by atoms with van der Waals surface area (Å²) in [5, 5.41) is 4.29. The highest BCUT2D eigenvalue weighted by molar-refractivity contribution is 7.80. The van der Waals surface area contributed by atoms with Crippen LogP contribution < -0.4 is 5.32 Å². The van der Waals surface area contributed by atoms with E-state index in [1.54, 1.807) is 0 Å². The smallest absolute Gasteiger partial charge is 0.169 e. The molecular weight excluding hydrogens is 216 g/mol. The SMILES string of the molecule is C[C@H](NC(=S)N1CCCC1)c1ccccc1. The Balaban J connectivity index is 1.92. The highest BCUT2D eigenvalue weighted by atomic mass is 32.1. The molecule has 86 valence electrons. The van der Waals surface area contributed by atoms with E-state index >= 15 is 0 Å². The van der Waals surface area contributed by atoms with Crippen LogP contribution >= 0.6 is 12.2 Å². The maximum absolute atomic E-state index is 5.40. The van der Waals surface area contributed by atoms with Gasteiger partial charge in [-0.1, -0.05) is 30.3 Å². The predicted molar refractivity (Wildman–Crippen MR) is 71.4 cm³/mol. The molecule has 1 heterocycles. The molecule has 1 fully saturated rings. The van der Waals surface area contributed by atoms with Gasteiger partial charge in [0.1, 0.15) is 0 Å². The van der Waals surface area contributed by atoms with Gasteiger partial charge in [0.25, 0.3) is 0 Å². The van der Waals surface area contributed by atoms with E-state index in [1.165, 1.54) is 18.4 Å². The van der Waals surface area contributed by atoms with E-state index in [0.29, 0.717) is 0 Å². The number of rotatable bonds is 2. The van der Waals surface area contributed by atoms with Crippen molar-refractivity contribution in [2.24, 2.45) is 0 Å². The van der Waals surface area contributed by atoms with Crippen LogP contribution in [0.25, 0.3) is 0 Å². The van der Waals surface area contributed by atoms with Crippen molar-refractivity contribution in [1.29, 1.82) is 0 Å². The molecule has 1 saturated heterocycles. The predicted octanol–water partition coefficient (Wildman–Crippen LogP) is 2.72. The number of thiocarbonyl (C=S) groups is 1. The van der Waals surface area contributed by atoms with Crippen molar-refractivity contribution < 1.29 is 0 Å². The standard InChI is InChI=1S/C13H18N2S/c1-11(12-7-3-2-4-8-12)14-13(16)15-9-5-6-10-15/h2-4,7-8,11H,5-6,9-10H2,1H3,(H,14,16)/t11-/m0/s1. The Hall–Kier alpha value is -1.09. The van der Waals surface area contributed by atoms with Gasteiger partial charge in [-0.2, -0.15) is 0 Å². The van der Waals surface area contributed by atoms with E-state index in [0.717, 1.165) is 18.2 Å². The fourth-order valence-electron chi connectivity index (χ4n) is 2.02. The minimum Gasteiger partial charge on any atom is -0.356 e. The maximum atomic E-state index is 5.40. The molecule has 0 spiro atoms. The molecule has 0 amide bonds. The van der Waals surface area contributed by atoms with Gasteiger partial charge in [-0.05, 0) is 37.5 Å². The molecular formula is C13H18N2S. The summed E-state index contributed by atoms with van der Waals surface area (Å²) in [6.07, 6.45) is 2.53. The normalized spacial score (nSPS) is 17.2. The van der Waals surface area contributed by atoms with Crippen LogP contribution in [0.4, 0.5) is 0 Å². The third kappa shape index (κ3) is 2.73. The number of nitrogens with zero attached hydrogens (tertiary/aromatic N) is 1. The molecule has 1 aromatic rings. The van der Waals surface area contributed by atoms with Gasteiger partial charge < -0.3 is 10.2 Å². The summed E-state index contributed by atoms with van der Waals surface area (Å²) in [4.78, 5) is 2.26. The van der Waals surface area contributed by atoms with Crippen molar-refractivity contribution in [1.82, 2.24) is 10.2 Å². The van der Waals surface area contributed by atoms with E-state index in [9.17, 15) is 0 Å². The summed E-state index contributed by atoms with van der Waals surface area (Å²) in [7, 11) is 0. The summed E-state index contributed by atoms with van der Waals surface area (Å²) in [5.74, 6) is 0. The summed E-state index contributed by atoms with van der Waals surface area (Å²) in [5.41, 5.74) is 1.28. The highest BCUT2D eigenvalue weighted by Gasteiger charge is 2.16. The molecule has 0 bridgehead atoms. The topological polar surface area (TPSA) is 15.3 Å². The second-order valence-corrected chi connectivity index (χ2v) is 4.66. The van der Waals surface area contributed by atoms with Crippen LogP contribution in [0, 0.1) is 0 Å². The lowest BCUT2D eigenvalue weighted by atomic mass is 10.1. The lowest BCUT2D eigenvalue weighted by Gasteiger charge is -2.23.